The lowest BCUT2D eigenvalue weighted by molar-refractivity contribution is -0.145. The second-order valence-electron chi connectivity index (χ2n) is 6.22. The molecule has 26 heavy (non-hydrogen) atoms. The van der Waals surface area contributed by atoms with E-state index in [1.165, 1.54) is 0 Å². The molecule has 0 saturated heterocycles. The van der Waals surface area contributed by atoms with Gasteiger partial charge in [-0.25, -0.2) is 0 Å². The third-order valence-electron chi connectivity index (χ3n) is 4.48. The largest absolute Gasteiger partial charge is 0.360 e. The lowest BCUT2D eigenvalue weighted by Gasteiger charge is -2.36. The zero-order valence-electron chi connectivity index (χ0n) is 14.3. The lowest BCUT2D eigenvalue weighted by Crippen LogP contribution is -2.47. The minimum Gasteiger partial charge on any atom is -0.360 e. The Balaban J connectivity index is 1.63. The summed E-state index contributed by atoms with van der Waals surface area (Å²) in [5.41, 5.74) is 1.95. The number of aromatic nitrogens is 2. The first-order valence-electron chi connectivity index (χ1n) is 8.39. The fraction of sp³-hybridized carbons (Fsp3) is 0.211. The molecule has 1 aromatic carbocycles. The number of hydrogen-bond donors (Lipinski definition) is 1. The molecule has 132 valence electrons. The van der Waals surface area contributed by atoms with Crippen LogP contribution in [0.3, 0.4) is 0 Å². The summed E-state index contributed by atoms with van der Waals surface area (Å²) in [4.78, 5) is 26.9. The van der Waals surface area contributed by atoms with E-state index in [0.717, 1.165) is 11.3 Å². The molecule has 0 spiro atoms. The van der Waals surface area contributed by atoms with Crippen LogP contribution in [0, 0.1) is 6.92 Å². The monoisotopic (exact) mass is 350 g/mol. The maximum absolute atomic E-state index is 12.9. The number of benzene rings is 1. The predicted octanol–water partition coefficient (Wildman–Crippen LogP) is 2.35. The summed E-state index contributed by atoms with van der Waals surface area (Å²) < 4.78 is 7.04. The Morgan fingerprint density at radius 1 is 1.15 bits per heavy atom. The summed E-state index contributed by atoms with van der Waals surface area (Å²) in [6, 6.07) is 14.9. The molecule has 2 amide bonds. The van der Waals surface area contributed by atoms with Gasteiger partial charge in [-0.05, 0) is 24.6 Å². The van der Waals surface area contributed by atoms with E-state index in [9.17, 15) is 9.59 Å². The molecule has 0 fully saturated rings. The van der Waals surface area contributed by atoms with E-state index in [1.807, 2.05) is 48.7 Å². The Labute approximate surface area is 150 Å². The first-order chi connectivity index (χ1) is 12.6. The second-order valence-corrected chi connectivity index (χ2v) is 6.22. The zero-order chi connectivity index (χ0) is 18.1. The first kappa shape index (κ1) is 16.1. The maximum atomic E-state index is 12.9. The van der Waals surface area contributed by atoms with Crippen LogP contribution < -0.4 is 5.32 Å². The van der Waals surface area contributed by atoms with Crippen molar-refractivity contribution in [2.45, 2.75) is 19.5 Å². The molecular formula is C19H18N4O3. The van der Waals surface area contributed by atoms with Crippen molar-refractivity contribution in [3.63, 3.8) is 0 Å². The summed E-state index contributed by atoms with van der Waals surface area (Å²) in [5.74, 6) is -0.519. The van der Waals surface area contributed by atoms with E-state index in [0.29, 0.717) is 18.8 Å². The molecule has 1 N–H and O–H groups in total. The van der Waals surface area contributed by atoms with Gasteiger partial charge < -0.3 is 14.0 Å². The third kappa shape index (κ3) is 2.88. The summed E-state index contributed by atoms with van der Waals surface area (Å²) in [5, 5.41) is 6.21. The number of aryl methyl sites for hydroxylation is 1. The highest BCUT2D eigenvalue weighted by Crippen LogP contribution is 2.32. The standard InChI is InChI=1S/C19H18N4O3/c1-13-12-16(21-26-13)20-18(24)19(25)23-11-10-22-9-5-8-15(22)17(23)14-6-3-2-4-7-14/h2-9,12,17H,10-11H2,1H3,(H,20,21,24)/t17-/m0/s1. The lowest BCUT2D eigenvalue weighted by atomic mass is 10.00. The molecule has 1 aliphatic rings. The molecule has 4 rings (SSSR count). The molecular weight excluding hydrogens is 332 g/mol. The van der Waals surface area contributed by atoms with Crippen molar-refractivity contribution in [1.29, 1.82) is 0 Å². The molecule has 0 unspecified atom stereocenters. The Bertz CT molecular complexity index is 945. The molecule has 0 saturated carbocycles. The molecule has 0 bridgehead atoms. The minimum absolute atomic E-state index is 0.234. The Kier molecular flexibility index (Phi) is 4.04. The van der Waals surface area contributed by atoms with Crippen LogP contribution in [-0.4, -0.2) is 33.0 Å². The summed E-state index contributed by atoms with van der Waals surface area (Å²) >= 11 is 0. The van der Waals surface area contributed by atoms with Crippen LogP contribution in [0.25, 0.3) is 0 Å². The average molecular weight is 350 g/mol. The normalized spacial score (nSPS) is 16.2. The molecule has 3 heterocycles. The van der Waals surface area contributed by atoms with Gasteiger partial charge in [0.05, 0.1) is 6.04 Å². The van der Waals surface area contributed by atoms with Crippen molar-refractivity contribution in [3.8, 4) is 0 Å². The number of anilines is 1. The Morgan fingerprint density at radius 2 is 1.96 bits per heavy atom. The zero-order valence-corrected chi connectivity index (χ0v) is 14.3. The number of hydrogen-bond acceptors (Lipinski definition) is 4. The summed E-state index contributed by atoms with van der Waals surface area (Å²) in [6.45, 7) is 2.81. The van der Waals surface area contributed by atoms with Gasteiger partial charge in [0.15, 0.2) is 5.82 Å². The van der Waals surface area contributed by atoms with Crippen LogP contribution in [0.1, 0.15) is 23.1 Å². The van der Waals surface area contributed by atoms with Crippen LogP contribution in [-0.2, 0) is 16.1 Å². The second kappa shape index (κ2) is 6.51. The van der Waals surface area contributed by atoms with Crippen molar-refractivity contribution in [1.82, 2.24) is 14.6 Å². The van der Waals surface area contributed by atoms with Crippen LogP contribution in [0.15, 0.2) is 59.3 Å². The SMILES string of the molecule is Cc1cc(NC(=O)C(=O)N2CCn3cccc3[C@@H]2c2ccccc2)no1. The van der Waals surface area contributed by atoms with E-state index in [-0.39, 0.29) is 11.9 Å². The molecule has 0 aliphatic carbocycles. The van der Waals surface area contributed by atoms with Crippen molar-refractivity contribution < 1.29 is 14.1 Å². The molecule has 7 heteroatoms. The van der Waals surface area contributed by atoms with E-state index >= 15 is 0 Å². The Morgan fingerprint density at radius 3 is 2.69 bits per heavy atom. The highest BCUT2D eigenvalue weighted by molar-refractivity contribution is 6.39. The number of nitrogens with zero attached hydrogens (tertiary/aromatic N) is 3. The number of rotatable bonds is 2. The van der Waals surface area contributed by atoms with Crippen LogP contribution in [0.5, 0.6) is 0 Å². The highest BCUT2D eigenvalue weighted by atomic mass is 16.5. The van der Waals surface area contributed by atoms with Gasteiger partial charge in [0.1, 0.15) is 5.76 Å². The number of carbonyl (C=O) groups excluding carboxylic acids is 2. The van der Waals surface area contributed by atoms with Gasteiger partial charge in [-0.15, -0.1) is 0 Å². The first-order valence-corrected chi connectivity index (χ1v) is 8.39. The van der Waals surface area contributed by atoms with E-state index < -0.39 is 11.8 Å². The summed E-state index contributed by atoms with van der Waals surface area (Å²) in [6.07, 6.45) is 1.99. The number of carbonyl (C=O) groups is 2. The average Bonchev–Trinajstić information content (AvgIpc) is 3.29. The van der Waals surface area contributed by atoms with Crippen molar-refractivity contribution in [2.24, 2.45) is 0 Å². The van der Waals surface area contributed by atoms with Gasteiger partial charge in [0.25, 0.3) is 0 Å². The van der Waals surface area contributed by atoms with Crippen molar-refractivity contribution in [3.05, 3.63) is 71.7 Å². The van der Waals surface area contributed by atoms with E-state index in [1.54, 1.807) is 17.9 Å². The van der Waals surface area contributed by atoms with Crippen molar-refractivity contribution in [2.75, 3.05) is 11.9 Å². The van der Waals surface area contributed by atoms with Crippen LogP contribution >= 0.6 is 0 Å². The van der Waals surface area contributed by atoms with Gasteiger partial charge >= 0.3 is 11.8 Å². The van der Waals surface area contributed by atoms with Gasteiger partial charge in [-0.2, -0.15) is 0 Å². The number of nitrogens with one attached hydrogen (secondary N) is 1. The highest BCUT2D eigenvalue weighted by Gasteiger charge is 2.35. The van der Waals surface area contributed by atoms with E-state index in [4.69, 9.17) is 4.52 Å². The molecule has 3 aromatic rings. The van der Waals surface area contributed by atoms with E-state index in [2.05, 4.69) is 15.0 Å². The fourth-order valence-electron chi connectivity index (χ4n) is 3.31. The van der Waals surface area contributed by atoms with Gasteiger partial charge in [0, 0.05) is 31.0 Å². The molecule has 1 atom stereocenters. The van der Waals surface area contributed by atoms with Gasteiger partial charge in [-0.1, -0.05) is 35.5 Å². The van der Waals surface area contributed by atoms with Gasteiger partial charge in [0.2, 0.25) is 0 Å². The van der Waals surface area contributed by atoms with Crippen LogP contribution in [0.4, 0.5) is 5.82 Å². The molecule has 2 aromatic heterocycles. The van der Waals surface area contributed by atoms with Crippen LogP contribution in [0.2, 0.25) is 0 Å². The third-order valence-corrected chi connectivity index (χ3v) is 4.48. The topological polar surface area (TPSA) is 80.4 Å². The predicted molar refractivity (Wildman–Crippen MR) is 94.3 cm³/mol. The van der Waals surface area contributed by atoms with Crippen molar-refractivity contribution >= 4 is 17.6 Å². The smallest absolute Gasteiger partial charge is 0.315 e. The quantitative estimate of drug-likeness (QED) is 0.720. The fourth-order valence-corrected chi connectivity index (χ4v) is 3.31. The molecule has 7 nitrogen and oxygen atoms in total. The number of fused-ring (bicyclic) bond motifs is 1. The Hall–Kier alpha value is -3.35. The summed E-state index contributed by atoms with van der Waals surface area (Å²) in [7, 11) is 0. The minimum atomic E-state index is -0.723. The molecule has 1 aliphatic heterocycles. The number of amides is 2. The maximum Gasteiger partial charge on any atom is 0.315 e. The van der Waals surface area contributed by atoms with Gasteiger partial charge in [-0.3, -0.25) is 14.9 Å². The molecule has 0 radical (unpaired) electrons.